The van der Waals surface area contributed by atoms with E-state index in [1.54, 1.807) is 29.7 Å². The summed E-state index contributed by atoms with van der Waals surface area (Å²) < 4.78 is 15.4. The molecule has 1 aromatic carbocycles. The van der Waals surface area contributed by atoms with E-state index in [-0.39, 0.29) is 29.4 Å². The maximum absolute atomic E-state index is 13.4. The molecule has 3 heterocycles. The lowest BCUT2D eigenvalue weighted by Crippen LogP contribution is -2.40. The van der Waals surface area contributed by atoms with Gasteiger partial charge in [0.1, 0.15) is 27.6 Å². The highest BCUT2D eigenvalue weighted by Gasteiger charge is 2.33. The molecule has 0 saturated carbocycles. The number of carbonyl (C=O) groups is 1. The number of pyridine rings is 1. The van der Waals surface area contributed by atoms with Crippen LogP contribution in [0.2, 0.25) is 0 Å². The van der Waals surface area contributed by atoms with Crippen LogP contribution in [0.25, 0.3) is 6.08 Å². The Morgan fingerprint density at radius 1 is 1.28 bits per heavy atom. The molecule has 0 N–H and O–H groups in total. The Bertz CT molecular complexity index is 1330. The molecule has 1 aromatic heterocycles. The van der Waals surface area contributed by atoms with Gasteiger partial charge in [0.05, 0.1) is 11.4 Å². The standard InChI is InChI=1S/C27H29FN4O2S2/c1-4-11-31-24(30-12-5-6-17(2)15-30)21(18(3)22(14-29)25(31)33)13-23-26(34)32(27(35)36-23)16-19-7-9-20(28)10-8-19/h7-10,13,17H,4-6,11-12,15-16H2,1-3H3/b23-13+. The van der Waals surface area contributed by atoms with Gasteiger partial charge in [0, 0.05) is 25.2 Å². The Labute approximate surface area is 220 Å². The fourth-order valence-electron chi connectivity index (χ4n) is 4.84. The molecule has 36 heavy (non-hydrogen) atoms. The van der Waals surface area contributed by atoms with E-state index in [1.165, 1.54) is 28.8 Å². The van der Waals surface area contributed by atoms with Gasteiger partial charge >= 0.3 is 0 Å². The first kappa shape index (κ1) is 26.1. The van der Waals surface area contributed by atoms with E-state index in [0.717, 1.165) is 49.3 Å². The van der Waals surface area contributed by atoms with Gasteiger partial charge in [-0.05, 0) is 61.4 Å². The van der Waals surface area contributed by atoms with E-state index in [0.29, 0.717) is 27.3 Å². The quantitative estimate of drug-likeness (QED) is 0.382. The van der Waals surface area contributed by atoms with Crippen LogP contribution in [0, 0.1) is 30.0 Å². The van der Waals surface area contributed by atoms with Crippen molar-refractivity contribution in [3.63, 3.8) is 0 Å². The van der Waals surface area contributed by atoms with Crippen LogP contribution in [0.1, 0.15) is 55.4 Å². The second kappa shape index (κ2) is 11.0. The Kier molecular flexibility index (Phi) is 7.96. The van der Waals surface area contributed by atoms with Gasteiger partial charge < -0.3 is 4.90 Å². The van der Waals surface area contributed by atoms with Crippen molar-refractivity contribution < 1.29 is 9.18 Å². The highest BCUT2D eigenvalue weighted by atomic mass is 32.2. The molecule has 0 spiro atoms. The number of aromatic nitrogens is 1. The lowest BCUT2D eigenvalue weighted by molar-refractivity contribution is -0.122. The van der Waals surface area contributed by atoms with Gasteiger partial charge in [-0.2, -0.15) is 5.26 Å². The molecule has 9 heteroatoms. The molecule has 1 atom stereocenters. The molecule has 0 radical (unpaired) electrons. The summed E-state index contributed by atoms with van der Waals surface area (Å²) in [5, 5.41) is 9.81. The minimum atomic E-state index is -0.338. The molecular formula is C27H29FN4O2S2. The Hall–Kier alpha value is -2.96. The summed E-state index contributed by atoms with van der Waals surface area (Å²) in [7, 11) is 0. The monoisotopic (exact) mass is 524 g/mol. The van der Waals surface area contributed by atoms with Crippen LogP contribution in [-0.2, 0) is 17.9 Å². The first-order valence-electron chi connectivity index (χ1n) is 12.2. The van der Waals surface area contributed by atoms with Crippen LogP contribution in [0.15, 0.2) is 34.0 Å². The number of nitriles is 1. The summed E-state index contributed by atoms with van der Waals surface area (Å²) >= 11 is 6.72. The number of carbonyl (C=O) groups excluding carboxylic acids is 1. The second-order valence-corrected chi connectivity index (χ2v) is 11.1. The molecule has 6 nitrogen and oxygen atoms in total. The molecule has 1 unspecified atom stereocenters. The van der Waals surface area contributed by atoms with Crippen molar-refractivity contribution in [3.05, 3.63) is 67.6 Å². The minimum Gasteiger partial charge on any atom is -0.357 e. The first-order chi connectivity index (χ1) is 17.2. The zero-order valence-electron chi connectivity index (χ0n) is 20.7. The third kappa shape index (κ3) is 5.11. The number of hydrogen-bond donors (Lipinski definition) is 0. The van der Waals surface area contributed by atoms with E-state index >= 15 is 0 Å². The van der Waals surface area contributed by atoms with Crippen molar-refractivity contribution in [3.8, 4) is 6.07 Å². The predicted molar refractivity (Wildman–Crippen MR) is 146 cm³/mol. The number of amides is 1. The average molecular weight is 525 g/mol. The van der Waals surface area contributed by atoms with Gasteiger partial charge in [-0.3, -0.25) is 19.1 Å². The molecule has 2 aliphatic heterocycles. The summed E-state index contributed by atoms with van der Waals surface area (Å²) in [6.45, 7) is 8.33. The van der Waals surface area contributed by atoms with Gasteiger partial charge in [-0.15, -0.1) is 0 Å². The smallest absolute Gasteiger partial charge is 0.270 e. The van der Waals surface area contributed by atoms with E-state index in [9.17, 15) is 19.2 Å². The third-order valence-electron chi connectivity index (χ3n) is 6.65. The predicted octanol–water partition coefficient (Wildman–Crippen LogP) is 5.22. The SMILES string of the molecule is CCCn1c(N2CCCC(C)C2)c(/C=C2/SC(=S)N(Cc3ccc(F)cc3)C2=O)c(C)c(C#N)c1=O. The molecule has 0 aliphatic carbocycles. The van der Waals surface area contributed by atoms with Gasteiger partial charge in [0.15, 0.2) is 0 Å². The van der Waals surface area contributed by atoms with Crippen LogP contribution < -0.4 is 10.5 Å². The summed E-state index contributed by atoms with van der Waals surface area (Å²) in [4.78, 5) is 30.9. The number of piperidine rings is 1. The van der Waals surface area contributed by atoms with Gasteiger partial charge in [0.25, 0.3) is 11.5 Å². The van der Waals surface area contributed by atoms with Crippen molar-refractivity contribution in [2.45, 2.75) is 53.1 Å². The van der Waals surface area contributed by atoms with Gasteiger partial charge in [-0.1, -0.05) is 50.0 Å². The molecule has 1 amide bonds. The topological polar surface area (TPSA) is 69.3 Å². The van der Waals surface area contributed by atoms with Crippen LogP contribution in [0.5, 0.6) is 0 Å². The molecule has 188 valence electrons. The van der Waals surface area contributed by atoms with Crippen molar-refractivity contribution in [1.82, 2.24) is 9.47 Å². The molecule has 2 fully saturated rings. The summed E-state index contributed by atoms with van der Waals surface area (Å²) in [6.07, 6.45) is 4.67. The molecule has 2 aromatic rings. The third-order valence-corrected chi connectivity index (χ3v) is 8.03. The average Bonchev–Trinajstić information content (AvgIpc) is 3.11. The van der Waals surface area contributed by atoms with Crippen molar-refractivity contribution in [2.24, 2.45) is 5.92 Å². The number of halogens is 1. The fourth-order valence-corrected chi connectivity index (χ4v) is 6.07. The Balaban J connectivity index is 1.81. The van der Waals surface area contributed by atoms with Crippen molar-refractivity contribution in [2.75, 3.05) is 18.0 Å². The maximum Gasteiger partial charge on any atom is 0.270 e. The van der Waals surface area contributed by atoms with Crippen LogP contribution in [-0.4, -0.2) is 32.8 Å². The molecule has 2 aliphatic rings. The number of thiocarbonyl (C=S) groups is 1. The van der Waals surface area contributed by atoms with Crippen molar-refractivity contribution in [1.29, 1.82) is 5.26 Å². The van der Waals surface area contributed by atoms with Crippen LogP contribution in [0.4, 0.5) is 10.2 Å². The number of nitrogens with zero attached hydrogens (tertiary/aromatic N) is 4. The molecule has 0 bridgehead atoms. The lowest BCUT2D eigenvalue weighted by atomic mass is 9.98. The summed E-state index contributed by atoms with van der Waals surface area (Å²) in [5.74, 6) is 0.670. The number of anilines is 1. The maximum atomic E-state index is 13.4. The highest BCUT2D eigenvalue weighted by molar-refractivity contribution is 8.26. The zero-order chi connectivity index (χ0) is 26.0. The number of benzene rings is 1. The lowest BCUT2D eigenvalue weighted by Gasteiger charge is -2.36. The zero-order valence-corrected chi connectivity index (χ0v) is 22.3. The summed E-state index contributed by atoms with van der Waals surface area (Å²) in [6, 6.07) is 8.08. The first-order valence-corrected chi connectivity index (χ1v) is 13.4. The Morgan fingerprint density at radius 3 is 2.64 bits per heavy atom. The Morgan fingerprint density at radius 2 is 2.00 bits per heavy atom. The fraction of sp³-hybridized carbons (Fsp3) is 0.407. The summed E-state index contributed by atoms with van der Waals surface area (Å²) in [5.41, 5.74) is 1.88. The molecule has 4 rings (SSSR count). The van der Waals surface area contributed by atoms with E-state index in [2.05, 4.69) is 17.9 Å². The van der Waals surface area contributed by atoms with E-state index in [1.807, 2.05) is 6.92 Å². The number of rotatable bonds is 6. The van der Waals surface area contributed by atoms with Crippen molar-refractivity contribution >= 4 is 46.1 Å². The van der Waals surface area contributed by atoms with Crippen LogP contribution in [0.3, 0.4) is 0 Å². The number of thioether (sulfide) groups is 1. The van der Waals surface area contributed by atoms with E-state index in [4.69, 9.17) is 12.2 Å². The van der Waals surface area contributed by atoms with Crippen LogP contribution >= 0.6 is 24.0 Å². The molecular weight excluding hydrogens is 495 g/mol. The second-order valence-electron chi connectivity index (χ2n) is 9.39. The van der Waals surface area contributed by atoms with E-state index < -0.39 is 0 Å². The van der Waals surface area contributed by atoms with Gasteiger partial charge in [-0.25, -0.2) is 4.39 Å². The molecule has 2 saturated heterocycles. The minimum absolute atomic E-state index is 0.102. The normalized spacial score (nSPS) is 19.3. The van der Waals surface area contributed by atoms with Gasteiger partial charge in [0.2, 0.25) is 0 Å². The number of hydrogen-bond acceptors (Lipinski definition) is 6. The highest BCUT2D eigenvalue weighted by Crippen LogP contribution is 2.37. The largest absolute Gasteiger partial charge is 0.357 e.